The molecule has 0 bridgehead atoms. The van der Waals surface area contributed by atoms with Crippen molar-refractivity contribution in [1.82, 2.24) is 14.9 Å². The van der Waals surface area contributed by atoms with Crippen molar-refractivity contribution in [3.05, 3.63) is 106 Å². The lowest BCUT2D eigenvalue weighted by Crippen LogP contribution is -2.29. The normalized spacial score (nSPS) is 17.0. The molecule has 1 aliphatic rings. The van der Waals surface area contributed by atoms with Gasteiger partial charge in [-0.05, 0) is 80.2 Å². The predicted molar refractivity (Wildman–Crippen MR) is 158 cm³/mol. The summed E-state index contributed by atoms with van der Waals surface area (Å²) in [6, 6.07) is 19.5. The summed E-state index contributed by atoms with van der Waals surface area (Å²) in [7, 11) is 0. The number of rotatable bonds is 6. The molecule has 2 atom stereocenters. The van der Waals surface area contributed by atoms with Crippen LogP contribution < -0.4 is 15.5 Å². The summed E-state index contributed by atoms with van der Waals surface area (Å²) in [6.07, 6.45) is 1.76. The van der Waals surface area contributed by atoms with Gasteiger partial charge in [-0.1, -0.05) is 43.6 Å². The molecule has 0 spiro atoms. The van der Waals surface area contributed by atoms with Crippen LogP contribution in [0.15, 0.2) is 72.9 Å². The molecule has 0 aliphatic carbocycles. The van der Waals surface area contributed by atoms with Crippen LogP contribution in [0.25, 0.3) is 5.69 Å². The number of amides is 1. The third-order valence-electron chi connectivity index (χ3n) is 6.99. The van der Waals surface area contributed by atoms with Crippen LogP contribution in [-0.2, 0) is 4.79 Å². The van der Waals surface area contributed by atoms with Crippen LogP contribution in [-0.4, -0.2) is 20.6 Å². The molecule has 39 heavy (non-hydrogen) atoms. The number of nitrogens with zero attached hydrogens (tertiary/aromatic N) is 3. The van der Waals surface area contributed by atoms with Crippen molar-refractivity contribution >= 4 is 46.2 Å². The van der Waals surface area contributed by atoms with E-state index in [2.05, 4.69) is 21.7 Å². The van der Waals surface area contributed by atoms with Crippen LogP contribution in [0.5, 0.6) is 0 Å². The van der Waals surface area contributed by atoms with Crippen molar-refractivity contribution < 1.29 is 9.18 Å². The minimum absolute atomic E-state index is 0.114. The largest absolute Gasteiger partial charge is 0.351 e. The number of benzene rings is 2. The van der Waals surface area contributed by atoms with Gasteiger partial charge in [0.25, 0.3) is 0 Å². The first kappa shape index (κ1) is 26.8. The summed E-state index contributed by atoms with van der Waals surface area (Å²) in [5, 5.41) is 7.25. The standard InChI is InChI=1S/C30H29ClFN5OS/c1-17(2)29(38)34-24-13-12-20(16-22(24)31)37-28(27(35-30(37)39)25-10-7-8-14-33-25)21-15-18(3)36(19(21)4)26-11-6-5-9-23(26)32/h5-17,27-28H,1-4H3,(H,34,38)(H,35,39)/t27-,28-/m0/s1. The number of para-hydroxylation sites is 1. The Labute approximate surface area is 237 Å². The van der Waals surface area contributed by atoms with Crippen LogP contribution in [0.1, 0.15) is 48.6 Å². The minimum atomic E-state index is -0.300. The topological polar surface area (TPSA) is 62.2 Å². The second kappa shape index (κ2) is 10.8. The van der Waals surface area contributed by atoms with Gasteiger partial charge in [-0.15, -0.1) is 0 Å². The average molecular weight is 562 g/mol. The Morgan fingerprint density at radius 3 is 2.51 bits per heavy atom. The molecule has 5 rings (SSSR count). The number of hydrogen-bond acceptors (Lipinski definition) is 3. The molecule has 9 heteroatoms. The molecule has 1 saturated heterocycles. The summed E-state index contributed by atoms with van der Waals surface area (Å²) in [6.45, 7) is 7.60. The van der Waals surface area contributed by atoms with Gasteiger partial charge in [0, 0.05) is 29.2 Å². The number of carbonyl (C=O) groups is 1. The van der Waals surface area contributed by atoms with E-state index in [4.69, 9.17) is 23.8 Å². The zero-order valence-electron chi connectivity index (χ0n) is 22.1. The maximum Gasteiger partial charge on any atom is 0.226 e. The molecule has 0 unspecified atom stereocenters. The molecule has 2 N–H and O–H groups in total. The molecule has 3 heterocycles. The van der Waals surface area contributed by atoms with E-state index in [1.807, 2.05) is 67.5 Å². The minimum Gasteiger partial charge on any atom is -0.351 e. The SMILES string of the molecule is Cc1cc([C@H]2[C@H](c3ccccn3)NC(=S)N2c2ccc(NC(=O)C(C)C)c(Cl)c2)c(C)n1-c1ccccc1F. The molecule has 200 valence electrons. The van der Waals surface area contributed by atoms with E-state index in [9.17, 15) is 9.18 Å². The highest BCUT2D eigenvalue weighted by molar-refractivity contribution is 7.80. The lowest BCUT2D eigenvalue weighted by Gasteiger charge is -2.28. The van der Waals surface area contributed by atoms with Crippen molar-refractivity contribution in [2.45, 2.75) is 39.8 Å². The van der Waals surface area contributed by atoms with Gasteiger partial charge in [-0.3, -0.25) is 9.78 Å². The molecule has 2 aromatic carbocycles. The Morgan fingerprint density at radius 2 is 1.85 bits per heavy atom. The van der Waals surface area contributed by atoms with Crippen molar-refractivity contribution in [2.75, 3.05) is 10.2 Å². The van der Waals surface area contributed by atoms with Crippen LogP contribution in [0.2, 0.25) is 5.02 Å². The molecule has 1 amide bonds. The summed E-state index contributed by atoms with van der Waals surface area (Å²) in [4.78, 5) is 18.9. The third-order valence-corrected chi connectivity index (χ3v) is 7.62. The highest BCUT2D eigenvalue weighted by Crippen LogP contribution is 2.44. The fraction of sp³-hybridized carbons (Fsp3) is 0.233. The smallest absolute Gasteiger partial charge is 0.226 e. The maximum absolute atomic E-state index is 14.9. The molecule has 0 saturated carbocycles. The average Bonchev–Trinajstić information content (AvgIpc) is 3.41. The Balaban J connectivity index is 1.63. The molecule has 6 nitrogen and oxygen atoms in total. The Hall–Kier alpha value is -3.75. The van der Waals surface area contributed by atoms with E-state index >= 15 is 0 Å². The predicted octanol–water partition coefficient (Wildman–Crippen LogP) is 7.05. The van der Waals surface area contributed by atoms with Gasteiger partial charge in [0.1, 0.15) is 5.82 Å². The van der Waals surface area contributed by atoms with Gasteiger partial charge in [0.05, 0.1) is 34.2 Å². The van der Waals surface area contributed by atoms with Crippen molar-refractivity contribution in [3.63, 3.8) is 0 Å². The number of aromatic nitrogens is 2. The summed E-state index contributed by atoms with van der Waals surface area (Å²) < 4.78 is 16.8. The molecule has 1 fully saturated rings. The number of carbonyl (C=O) groups excluding carboxylic acids is 1. The molecular weight excluding hydrogens is 533 g/mol. The second-order valence-corrected chi connectivity index (χ2v) is 10.7. The Morgan fingerprint density at radius 1 is 1.10 bits per heavy atom. The highest BCUT2D eigenvalue weighted by atomic mass is 35.5. The van der Waals surface area contributed by atoms with Gasteiger partial charge in [0.2, 0.25) is 5.91 Å². The monoisotopic (exact) mass is 561 g/mol. The number of halogens is 2. The second-order valence-electron chi connectivity index (χ2n) is 9.92. The van der Waals surface area contributed by atoms with Crippen LogP contribution in [0.4, 0.5) is 15.8 Å². The van der Waals surface area contributed by atoms with E-state index in [-0.39, 0.29) is 29.7 Å². The van der Waals surface area contributed by atoms with E-state index in [0.29, 0.717) is 21.5 Å². The first-order valence-electron chi connectivity index (χ1n) is 12.7. The first-order valence-corrected chi connectivity index (χ1v) is 13.5. The van der Waals surface area contributed by atoms with Crippen LogP contribution in [0.3, 0.4) is 0 Å². The number of thiocarbonyl (C=S) groups is 1. The highest BCUT2D eigenvalue weighted by Gasteiger charge is 2.42. The molecular formula is C30H29ClFN5OS. The lowest BCUT2D eigenvalue weighted by atomic mass is 9.96. The quantitative estimate of drug-likeness (QED) is 0.247. The van der Waals surface area contributed by atoms with Gasteiger partial charge >= 0.3 is 0 Å². The van der Waals surface area contributed by atoms with Crippen molar-refractivity contribution in [3.8, 4) is 5.69 Å². The van der Waals surface area contributed by atoms with E-state index in [0.717, 1.165) is 28.3 Å². The number of aryl methyl sites for hydroxylation is 1. The van der Waals surface area contributed by atoms with Gasteiger partial charge < -0.3 is 20.1 Å². The van der Waals surface area contributed by atoms with Crippen molar-refractivity contribution in [2.24, 2.45) is 5.92 Å². The first-order chi connectivity index (χ1) is 18.7. The molecule has 4 aromatic rings. The van der Waals surface area contributed by atoms with Gasteiger partial charge in [-0.25, -0.2) is 4.39 Å². The zero-order valence-corrected chi connectivity index (χ0v) is 23.6. The maximum atomic E-state index is 14.9. The number of hydrogen-bond donors (Lipinski definition) is 2. The fourth-order valence-corrected chi connectivity index (χ4v) is 5.64. The summed E-state index contributed by atoms with van der Waals surface area (Å²) in [5.74, 6) is -0.587. The van der Waals surface area contributed by atoms with Crippen LogP contribution >= 0.6 is 23.8 Å². The van der Waals surface area contributed by atoms with Crippen LogP contribution in [0, 0.1) is 25.6 Å². The lowest BCUT2D eigenvalue weighted by molar-refractivity contribution is -0.118. The zero-order chi connectivity index (χ0) is 27.8. The summed E-state index contributed by atoms with van der Waals surface area (Å²) >= 11 is 12.5. The van der Waals surface area contributed by atoms with Crippen molar-refractivity contribution in [1.29, 1.82) is 0 Å². The number of nitrogens with one attached hydrogen (secondary N) is 2. The molecule has 0 radical (unpaired) electrons. The van der Waals surface area contributed by atoms with E-state index in [1.54, 1.807) is 30.5 Å². The van der Waals surface area contributed by atoms with E-state index < -0.39 is 0 Å². The third kappa shape index (κ3) is 5.02. The fourth-order valence-electron chi connectivity index (χ4n) is 5.07. The van der Waals surface area contributed by atoms with E-state index in [1.165, 1.54) is 6.07 Å². The molecule has 1 aliphatic heterocycles. The molecule has 2 aromatic heterocycles. The Kier molecular flexibility index (Phi) is 7.42. The van der Waals surface area contributed by atoms with Gasteiger partial charge in [-0.2, -0.15) is 0 Å². The Bertz CT molecular complexity index is 1550. The number of anilines is 2. The summed E-state index contributed by atoms with van der Waals surface area (Å²) in [5.41, 5.74) is 5.39. The number of pyridine rings is 1. The van der Waals surface area contributed by atoms with Gasteiger partial charge in [0.15, 0.2) is 5.11 Å².